The fourth-order valence-corrected chi connectivity index (χ4v) is 2.26. The second-order valence-corrected chi connectivity index (χ2v) is 5.80. The van der Waals surface area contributed by atoms with Crippen LogP contribution in [0.2, 0.25) is 0 Å². The van der Waals surface area contributed by atoms with Crippen molar-refractivity contribution in [1.82, 2.24) is 0 Å². The molecular weight excluding hydrogens is 348 g/mol. The lowest BCUT2D eigenvalue weighted by Crippen LogP contribution is -2.21. The summed E-state index contributed by atoms with van der Waals surface area (Å²) in [5.41, 5.74) is 2.17. The number of carbonyl (C=O) groups is 3. The molecule has 0 saturated carbocycles. The molecule has 2 N–H and O–H groups in total. The van der Waals surface area contributed by atoms with E-state index in [0.717, 1.165) is 5.56 Å². The summed E-state index contributed by atoms with van der Waals surface area (Å²) in [5, 5.41) is 5.34. The lowest BCUT2D eigenvalue weighted by atomic mass is 10.2. The van der Waals surface area contributed by atoms with Gasteiger partial charge in [0.05, 0.1) is 13.5 Å². The molecule has 0 atom stereocenters. The Morgan fingerprint density at radius 3 is 2.44 bits per heavy atom. The molecule has 2 aromatic carbocycles. The molecule has 0 spiro atoms. The number of benzene rings is 2. The number of rotatable bonds is 8. The van der Waals surface area contributed by atoms with Gasteiger partial charge in [-0.05, 0) is 30.7 Å². The third kappa shape index (κ3) is 6.81. The number of hydrogen-bond acceptors (Lipinski definition) is 5. The second-order valence-electron chi connectivity index (χ2n) is 5.80. The molecule has 0 heterocycles. The number of aryl methyl sites for hydroxylation is 1. The molecule has 2 aromatic rings. The van der Waals surface area contributed by atoms with Crippen LogP contribution < -0.4 is 15.4 Å². The number of carbonyl (C=O) groups excluding carboxylic acids is 3. The monoisotopic (exact) mass is 370 g/mol. The maximum atomic E-state index is 11.9. The number of methoxy groups -OCH3 is 1. The third-order valence-electron chi connectivity index (χ3n) is 3.69. The fraction of sp³-hybridized carbons (Fsp3) is 0.250. The van der Waals surface area contributed by atoms with Gasteiger partial charge in [-0.25, -0.2) is 0 Å². The van der Waals surface area contributed by atoms with Gasteiger partial charge in [0.15, 0.2) is 6.61 Å². The lowest BCUT2D eigenvalue weighted by molar-refractivity contribution is -0.147. The van der Waals surface area contributed by atoms with Gasteiger partial charge in [0.1, 0.15) is 5.75 Å². The summed E-state index contributed by atoms with van der Waals surface area (Å²) in [6, 6.07) is 14.2. The summed E-state index contributed by atoms with van der Waals surface area (Å²) in [7, 11) is 1.53. The van der Waals surface area contributed by atoms with Crippen LogP contribution in [-0.2, 0) is 19.1 Å². The first kappa shape index (κ1) is 20.0. The number of hydrogen-bond donors (Lipinski definition) is 2. The first-order chi connectivity index (χ1) is 13.0. The van der Waals surface area contributed by atoms with Gasteiger partial charge in [-0.1, -0.05) is 24.3 Å². The molecule has 0 bridgehead atoms. The van der Waals surface area contributed by atoms with E-state index in [2.05, 4.69) is 10.6 Å². The molecule has 2 rings (SSSR count). The summed E-state index contributed by atoms with van der Waals surface area (Å²) < 4.78 is 9.96. The van der Waals surface area contributed by atoms with E-state index < -0.39 is 18.5 Å². The maximum absolute atomic E-state index is 11.9. The molecule has 0 fully saturated rings. The molecule has 0 saturated heterocycles. The van der Waals surface area contributed by atoms with Gasteiger partial charge < -0.3 is 20.1 Å². The van der Waals surface area contributed by atoms with Crippen LogP contribution in [0.15, 0.2) is 48.5 Å². The highest BCUT2D eigenvalue weighted by atomic mass is 16.5. The number of nitrogens with one attached hydrogen (secondary N) is 2. The molecule has 142 valence electrons. The predicted octanol–water partition coefficient (Wildman–Crippen LogP) is 2.90. The molecule has 2 amide bonds. The number of ether oxygens (including phenoxy) is 2. The maximum Gasteiger partial charge on any atom is 0.306 e. The Kier molecular flexibility index (Phi) is 7.37. The van der Waals surface area contributed by atoms with Crippen molar-refractivity contribution in [2.45, 2.75) is 19.8 Å². The van der Waals surface area contributed by atoms with E-state index in [0.29, 0.717) is 17.1 Å². The minimum atomic E-state index is -0.615. The largest absolute Gasteiger partial charge is 0.497 e. The third-order valence-corrected chi connectivity index (χ3v) is 3.69. The minimum Gasteiger partial charge on any atom is -0.497 e. The summed E-state index contributed by atoms with van der Waals surface area (Å²) in [5.74, 6) is -0.775. The van der Waals surface area contributed by atoms with Crippen molar-refractivity contribution in [2.24, 2.45) is 0 Å². The average Bonchev–Trinajstić information content (AvgIpc) is 2.66. The standard InChI is InChI=1S/C20H22N2O5/c1-14-6-3-4-9-17(14)22-18(23)10-11-20(25)27-13-19(24)21-15-7-5-8-16(12-15)26-2/h3-9,12H,10-11,13H2,1-2H3,(H,21,24)(H,22,23). The summed E-state index contributed by atoms with van der Waals surface area (Å²) >= 11 is 0. The van der Waals surface area contributed by atoms with Crippen molar-refractivity contribution in [3.8, 4) is 5.75 Å². The normalized spacial score (nSPS) is 10.0. The molecule has 0 aliphatic carbocycles. The van der Waals surface area contributed by atoms with Crippen LogP contribution in [-0.4, -0.2) is 31.5 Å². The van der Waals surface area contributed by atoms with Crippen molar-refractivity contribution < 1.29 is 23.9 Å². The highest BCUT2D eigenvalue weighted by Gasteiger charge is 2.11. The zero-order chi connectivity index (χ0) is 19.6. The average molecular weight is 370 g/mol. The quantitative estimate of drug-likeness (QED) is 0.697. The highest BCUT2D eigenvalue weighted by molar-refractivity contribution is 5.94. The van der Waals surface area contributed by atoms with Crippen LogP contribution in [0.1, 0.15) is 18.4 Å². The zero-order valence-corrected chi connectivity index (χ0v) is 15.3. The molecule has 0 aromatic heterocycles. The van der Waals surface area contributed by atoms with E-state index in [4.69, 9.17) is 9.47 Å². The fourth-order valence-electron chi connectivity index (χ4n) is 2.26. The van der Waals surface area contributed by atoms with Gasteiger partial charge in [0, 0.05) is 23.9 Å². The van der Waals surface area contributed by atoms with Crippen LogP contribution in [0.4, 0.5) is 11.4 Å². The summed E-state index contributed by atoms with van der Waals surface area (Å²) in [4.78, 5) is 35.4. The Morgan fingerprint density at radius 2 is 1.70 bits per heavy atom. The van der Waals surface area contributed by atoms with E-state index >= 15 is 0 Å². The van der Waals surface area contributed by atoms with Crippen molar-refractivity contribution >= 4 is 29.2 Å². The molecule has 0 aliphatic rings. The number of anilines is 2. The van der Waals surface area contributed by atoms with E-state index in [9.17, 15) is 14.4 Å². The van der Waals surface area contributed by atoms with E-state index in [1.807, 2.05) is 25.1 Å². The Labute approximate surface area is 157 Å². The summed E-state index contributed by atoms with van der Waals surface area (Å²) in [6.45, 7) is 1.46. The van der Waals surface area contributed by atoms with E-state index in [-0.39, 0.29) is 18.7 Å². The smallest absolute Gasteiger partial charge is 0.306 e. The van der Waals surface area contributed by atoms with Crippen LogP contribution in [0.5, 0.6) is 5.75 Å². The van der Waals surface area contributed by atoms with Gasteiger partial charge in [-0.2, -0.15) is 0 Å². The zero-order valence-electron chi connectivity index (χ0n) is 15.3. The highest BCUT2D eigenvalue weighted by Crippen LogP contribution is 2.16. The first-order valence-corrected chi connectivity index (χ1v) is 8.43. The SMILES string of the molecule is COc1cccc(NC(=O)COC(=O)CCC(=O)Nc2ccccc2C)c1. The molecule has 7 nitrogen and oxygen atoms in total. The van der Waals surface area contributed by atoms with Gasteiger partial charge in [-0.3, -0.25) is 14.4 Å². The Balaban J connectivity index is 1.70. The van der Waals surface area contributed by atoms with Gasteiger partial charge in [0.25, 0.3) is 5.91 Å². The molecule has 0 radical (unpaired) electrons. The Hall–Kier alpha value is -3.35. The molecular formula is C20H22N2O5. The topological polar surface area (TPSA) is 93.7 Å². The van der Waals surface area contributed by atoms with Crippen molar-refractivity contribution in [2.75, 3.05) is 24.4 Å². The number of amides is 2. The molecule has 27 heavy (non-hydrogen) atoms. The van der Waals surface area contributed by atoms with Crippen molar-refractivity contribution in [3.63, 3.8) is 0 Å². The van der Waals surface area contributed by atoms with Gasteiger partial charge >= 0.3 is 5.97 Å². The summed E-state index contributed by atoms with van der Waals surface area (Å²) in [6.07, 6.45) is -0.130. The van der Waals surface area contributed by atoms with Crippen LogP contribution in [0.25, 0.3) is 0 Å². The van der Waals surface area contributed by atoms with Gasteiger partial charge in [0.2, 0.25) is 5.91 Å². The van der Waals surface area contributed by atoms with Crippen LogP contribution in [0, 0.1) is 6.92 Å². The number of para-hydroxylation sites is 1. The lowest BCUT2D eigenvalue weighted by Gasteiger charge is -2.09. The van der Waals surface area contributed by atoms with Crippen molar-refractivity contribution in [3.05, 3.63) is 54.1 Å². The molecule has 7 heteroatoms. The second kappa shape index (κ2) is 9.96. The van der Waals surface area contributed by atoms with Crippen LogP contribution in [0.3, 0.4) is 0 Å². The molecule has 0 aliphatic heterocycles. The van der Waals surface area contributed by atoms with E-state index in [1.165, 1.54) is 7.11 Å². The Bertz CT molecular complexity index is 820. The predicted molar refractivity (Wildman–Crippen MR) is 102 cm³/mol. The van der Waals surface area contributed by atoms with Gasteiger partial charge in [-0.15, -0.1) is 0 Å². The minimum absolute atomic E-state index is 0.0231. The van der Waals surface area contributed by atoms with E-state index in [1.54, 1.807) is 30.3 Å². The van der Waals surface area contributed by atoms with Crippen molar-refractivity contribution in [1.29, 1.82) is 0 Å². The van der Waals surface area contributed by atoms with Crippen LogP contribution >= 0.6 is 0 Å². The number of esters is 1. The Morgan fingerprint density at radius 1 is 0.926 bits per heavy atom. The first-order valence-electron chi connectivity index (χ1n) is 8.43. The molecule has 0 unspecified atom stereocenters.